The van der Waals surface area contributed by atoms with Crippen molar-refractivity contribution in [3.8, 4) is 0 Å². The number of hydrogen-bond acceptors (Lipinski definition) is 2. The quantitative estimate of drug-likeness (QED) is 0.209. The molecule has 0 bridgehead atoms. The molecular weight excluding hydrogens is 399 g/mol. The van der Waals surface area contributed by atoms with Gasteiger partial charge in [-0.05, 0) is 59.5 Å². The van der Waals surface area contributed by atoms with Crippen molar-refractivity contribution in [2.75, 3.05) is 6.61 Å². The molecule has 0 saturated heterocycles. The Morgan fingerprint density at radius 1 is 0.826 bits per heavy atom. The maximum atomic E-state index is 10.6. The number of hydrogen-bond donors (Lipinski definition) is 0. The summed E-state index contributed by atoms with van der Waals surface area (Å²) < 4.78 is 6.24. The first-order valence-electron chi connectivity index (χ1n) is 9.06. The van der Waals surface area contributed by atoms with Crippen molar-refractivity contribution in [2.24, 2.45) is 0 Å². The monoisotopic (exact) mass is 430 g/mol. The van der Waals surface area contributed by atoms with Gasteiger partial charge in [0.2, 0.25) is 0 Å². The van der Waals surface area contributed by atoms with E-state index in [-0.39, 0.29) is 5.97 Å². The van der Waals surface area contributed by atoms with Gasteiger partial charge in [-0.25, -0.2) is 0 Å². The fraction of sp³-hybridized carbons (Fsp3) is 0.650. The number of halogens is 1. The Labute approximate surface area is 155 Å². The van der Waals surface area contributed by atoms with Crippen LogP contribution in [-0.4, -0.2) is 12.6 Å². The van der Waals surface area contributed by atoms with Gasteiger partial charge in [0.25, 0.3) is 0 Å². The summed E-state index contributed by atoms with van der Waals surface area (Å²) in [5, 5.41) is 0. The molecule has 1 aromatic carbocycles. The first-order chi connectivity index (χ1) is 11.2. The van der Waals surface area contributed by atoms with Gasteiger partial charge in [-0.2, -0.15) is 0 Å². The molecule has 0 radical (unpaired) electrons. The third kappa shape index (κ3) is 12.5. The minimum atomic E-state index is -0.160. The highest BCUT2D eigenvalue weighted by atomic mass is 127. The van der Waals surface area contributed by atoms with Crippen LogP contribution >= 0.6 is 22.6 Å². The minimum absolute atomic E-state index is 0.160. The van der Waals surface area contributed by atoms with Crippen LogP contribution < -0.4 is 0 Å². The van der Waals surface area contributed by atoms with Gasteiger partial charge in [0, 0.05) is 10.5 Å². The van der Waals surface area contributed by atoms with Crippen molar-refractivity contribution in [1.29, 1.82) is 0 Å². The van der Waals surface area contributed by atoms with Gasteiger partial charge in [0.15, 0.2) is 0 Å². The number of aryl methyl sites for hydroxylation is 1. The summed E-state index contributed by atoms with van der Waals surface area (Å²) in [6, 6.07) is 8.90. The molecule has 0 saturated carbocycles. The lowest BCUT2D eigenvalue weighted by Crippen LogP contribution is -2.00. The van der Waals surface area contributed by atoms with Crippen LogP contribution in [0.4, 0.5) is 0 Å². The van der Waals surface area contributed by atoms with Gasteiger partial charge >= 0.3 is 5.97 Å². The van der Waals surface area contributed by atoms with E-state index in [4.69, 9.17) is 4.74 Å². The van der Waals surface area contributed by atoms with Gasteiger partial charge in [0.1, 0.15) is 0 Å². The predicted octanol–water partition coefficient (Wildman–Crippen LogP) is 6.30. The van der Waals surface area contributed by atoms with Crippen molar-refractivity contribution in [3.05, 3.63) is 33.4 Å². The lowest BCUT2D eigenvalue weighted by atomic mass is 10.0. The van der Waals surface area contributed by atoms with E-state index >= 15 is 0 Å². The van der Waals surface area contributed by atoms with E-state index in [1.165, 1.54) is 80.3 Å². The zero-order valence-electron chi connectivity index (χ0n) is 14.5. The van der Waals surface area contributed by atoms with Crippen LogP contribution in [0.2, 0.25) is 0 Å². The van der Waals surface area contributed by atoms with Crippen LogP contribution in [0.25, 0.3) is 0 Å². The van der Waals surface area contributed by atoms with Gasteiger partial charge in [-0.1, -0.05) is 63.5 Å². The van der Waals surface area contributed by atoms with Crippen LogP contribution in [0.15, 0.2) is 24.3 Å². The molecule has 0 aromatic heterocycles. The molecule has 0 fully saturated rings. The van der Waals surface area contributed by atoms with Crippen LogP contribution in [0.1, 0.15) is 76.7 Å². The molecule has 0 unspecified atom stereocenters. The van der Waals surface area contributed by atoms with Crippen molar-refractivity contribution >= 4 is 28.6 Å². The summed E-state index contributed by atoms with van der Waals surface area (Å²) in [7, 11) is 0. The van der Waals surface area contributed by atoms with Crippen LogP contribution in [0.5, 0.6) is 0 Å². The van der Waals surface area contributed by atoms with Crippen molar-refractivity contribution in [3.63, 3.8) is 0 Å². The number of unbranched alkanes of at least 4 members (excludes halogenated alkanes) is 9. The van der Waals surface area contributed by atoms with E-state index < -0.39 is 0 Å². The van der Waals surface area contributed by atoms with Crippen LogP contribution in [0, 0.1) is 3.57 Å². The second-order valence-corrected chi connectivity index (χ2v) is 7.50. The largest absolute Gasteiger partial charge is 0.466 e. The lowest BCUT2D eigenvalue weighted by Gasteiger charge is -2.04. The van der Waals surface area contributed by atoms with Crippen LogP contribution in [-0.2, 0) is 16.0 Å². The number of rotatable bonds is 13. The molecule has 1 aromatic rings. The second-order valence-electron chi connectivity index (χ2n) is 6.25. The fourth-order valence-electron chi connectivity index (χ4n) is 2.71. The predicted molar refractivity (Wildman–Crippen MR) is 106 cm³/mol. The Morgan fingerprint density at radius 3 is 1.83 bits per heavy atom. The highest BCUT2D eigenvalue weighted by Crippen LogP contribution is 2.13. The highest BCUT2D eigenvalue weighted by molar-refractivity contribution is 14.1. The average Bonchev–Trinajstić information content (AvgIpc) is 2.53. The number of benzene rings is 1. The van der Waals surface area contributed by atoms with Gasteiger partial charge in [0.05, 0.1) is 6.61 Å². The van der Waals surface area contributed by atoms with E-state index in [9.17, 15) is 4.79 Å². The minimum Gasteiger partial charge on any atom is -0.466 e. The molecule has 0 aliphatic rings. The summed E-state index contributed by atoms with van der Waals surface area (Å²) >= 11 is 2.36. The van der Waals surface area contributed by atoms with E-state index in [1.54, 1.807) is 0 Å². The normalized spacial score (nSPS) is 10.7. The molecular formula is C20H31IO2. The van der Waals surface area contributed by atoms with Crippen molar-refractivity contribution in [1.82, 2.24) is 0 Å². The maximum Gasteiger partial charge on any atom is 0.302 e. The third-order valence-corrected chi connectivity index (χ3v) is 4.80. The molecule has 2 nitrogen and oxygen atoms in total. The highest BCUT2D eigenvalue weighted by Gasteiger charge is 1.96. The Kier molecular flexibility index (Phi) is 12.3. The zero-order valence-corrected chi connectivity index (χ0v) is 16.6. The topological polar surface area (TPSA) is 26.3 Å². The summed E-state index contributed by atoms with van der Waals surface area (Å²) in [5.41, 5.74) is 1.47. The van der Waals surface area contributed by atoms with E-state index in [1.807, 2.05) is 0 Å². The van der Waals surface area contributed by atoms with E-state index in [0.29, 0.717) is 6.61 Å². The van der Waals surface area contributed by atoms with Crippen molar-refractivity contribution < 1.29 is 9.53 Å². The Morgan fingerprint density at radius 2 is 1.30 bits per heavy atom. The molecule has 1 rings (SSSR count). The summed E-state index contributed by atoms with van der Waals surface area (Å²) in [6.45, 7) is 2.07. The molecule has 0 aliphatic carbocycles. The molecule has 0 N–H and O–H groups in total. The smallest absolute Gasteiger partial charge is 0.302 e. The number of carbonyl (C=O) groups is 1. The lowest BCUT2D eigenvalue weighted by molar-refractivity contribution is -0.141. The summed E-state index contributed by atoms with van der Waals surface area (Å²) in [4.78, 5) is 10.6. The molecule has 130 valence electrons. The number of carbonyl (C=O) groups excluding carboxylic acids is 1. The van der Waals surface area contributed by atoms with Crippen LogP contribution in [0.3, 0.4) is 0 Å². The molecule has 0 spiro atoms. The first-order valence-corrected chi connectivity index (χ1v) is 10.1. The Balaban J connectivity index is 1.79. The Hall–Kier alpha value is -0.580. The molecule has 0 atom stereocenters. The molecule has 0 amide bonds. The summed E-state index contributed by atoms with van der Waals surface area (Å²) in [6.07, 6.45) is 14.2. The summed E-state index contributed by atoms with van der Waals surface area (Å²) in [5.74, 6) is -0.160. The van der Waals surface area contributed by atoms with Gasteiger partial charge in [-0.15, -0.1) is 0 Å². The van der Waals surface area contributed by atoms with Crippen molar-refractivity contribution in [2.45, 2.75) is 77.6 Å². The maximum absolute atomic E-state index is 10.6. The molecule has 0 heterocycles. The van der Waals surface area contributed by atoms with E-state index in [0.717, 1.165) is 6.42 Å². The number of ether oxygens (including phenoxy) is 1. The Bertz CT molecular complexity index is 414. The molecule has 0 aliphatic heterocycles. The standard InChI is InChI=1S/C20H31IO2/c1-18(22)23-17-11-9-7-5-3-2-4-6-8-10-12-19-13-15-20(21)16-14-19/h13-16H,2-12,17H2,1H3. The van der Waals surface area contributed by atoms with E-state index in [2.05, 4.69) is 46.9 Å². The molecule has 3 heteroatoms. The fourth-order valence-corrected chi connectivity index (χ4v) is 3.07. The zero-order chi connectivity index (χ0) is 16.8. The third-order valence-electron chi connectivity index (χ3n) is 4.08. The van der Waals surface area contributed by atoms with Gasteiger partial charge < -0.3 is 4.74 Å². The molecule has 23 heavy (non-hydrogen) atoms. The SMILES string of the molecule is CC(=O)OCCCCCCCCCCCCc1ccc(I)cc1. The van der Waals surface area contributed by atoms with Gasteiger partial charge in [-0.3, -0.25) is 4.79 Å². The second kappa shape index (κ2) is 13.8. The first kappa shape index (κ1) is 20.5. The number of esters is 1. The average molecular weight is 430 g/mol.